The number of hydrogen-bond acceptors (Lipinski definition) is 4. The Balaban J connectivity index is 2.22. The van der Waals surface area contributed by atoms with Gasteiger partial charge in [-0.15, -0.1) is 0 Å². The highest BCUT2D eigenvalue weighted by Gasteiger charge is 2.22. The molecule has 4 heteroatoms. The summed E-state index contributed by atoms with van der Waals surface area (Å²) in [6, 6.07) is 0.553. The highest BCUT2D eigenvalue weighted by molar-refractivity contribution is 5.57. The summed E-state index contributed by atoms with van der Waals surface area (Å²) < 4.78 is 0. The molecule has 0 spiro atoms. The van der Waals surface area contributed by atoms with Crippen molar-refractivity contribution >= 4 is 11.6 Å². The molecule has 1 aliphatic rings. The average Bonchev–Trinajstić information content (AvgIpc) is 2.43. The molecular weight excluding hydrogens is 236 g/mol. The molecule has 106 valence electrons. The van der Waals surface area contributed by atoms with Gasteiger partial charge in [0.15, 0.2) is 0 Å². The summed E-state index contributed by atoms with van der Waals surface area (Å²) in [5.41, 5.74) is 1.12. The zero-order valence-corrected chi connectivity index (χ0v) is 12.6. The molecule has 1 aromatic heterocycles. The van der Waals surface area contributed by atoms with Gasteiger partial charge in [0.25, 0.3) is 0 Å². The number of aryl methyl sites for hydroxylation is 1. The first kappa shape index (κ1) is 14.1. The third-order valence-electron chi connectivity index (χ3n) is 4.18. The number of aromatic nitrogens is 2. The van der Waals surface area contributed by atoms with E-state index in [9.17, 15) is 0 Å². The number of nitrogens with one attached hydrogen (secondary N) is 2. The van der Waals surface area contributed by atoms with Crippen molar-refractivity contribution in [2.24, 2.45) is 5.92 Å². The van der Waals surface area contributed by atoms with E-state index < -0.39 is 0 Å². The van der Waals surface area contributed by atoms with Gasteiger partial charge in [0, 0.05) is 25.1 Å². The molecule has 0 aliphatic heterocycles. The first-order valence-corrected chi connectivity index (χ1v) is 7.47. The smallest absolute Gasteiger partial charge is 0.135 e. The van der Waals surface area contributed by atoms with Crippen LogP contribution in [0.2, 0.25) is 0 Å². The zero-order chi connectivity index (χ0) is 13.8. The molecule has 1 aromatic rings. The topological polar surface area (TPSA) is 49.8 Å². The molecule has 1 aliphatic carbocycles. The molecule has 4 nitrogen and oxygen atoms in total. The molecule has 0 bridgehead atoms. The number of nitrogens with zero attached hydrogens (tertiary/aromatic N) is 2. The van der Waals surface area contributed by atoms with Crippen LogP contribution in [0.1, 0.15) is 50.9 Å². The Labute approximate surface area is 116 Å². The van der Waals surface area contributed by atoms with Crippen molar-refractivity contribution in [2.75, 3.05) is 17.7 Å². The highest BCUT2D eigenvalue weighted by Crippen LogP contribution is 2.28. The van der Waals surface area contributed by atoms with Crippen molar-refractivity contribution in [1.82, 2.24) is 9.97 Å². The summed E-state index contributed by atoms with van der Waals surface area (Å²) >= 11 is 0. The quantitative estimate of drug-likeness (QED) is 0.873. The van der Waals surface area contributed by atoms with E-state index >= 15 is 0 Å². The van der Waals surface area contributed by atoms with Gasteiger partial charge in [-0.25, -0.2) is 9.97 Å². The standard InChI is InChI=1S/C15H26N4/c1-5-13-18-14(16-4)11(3)15(19-13)17-12-9-7-6-8-10(12)2/h10,12H,5-9H2,1-4H3,(H2,16,17,18,19). The Hall–Kier alpha value is -1.32. The van der Waals surface area contributed by atoms with Crippen LogP contribution in [0.4, 0.5) is 11.6 Å². The second-order valence-corrected chi connectivity index (χ2v) is 5.58. The molecule has 0 aromatic carbocycles. The summed E-state index contributed by atoms with van der Waals surface area (Å²) in [7, 11) is 1.92. The zero-order valence-electron chi connectivity index (χ0n) is 12.6. The first-order chi connectivity index (χ1) is 9.15. The van der Waals surface area contributed by atoms with Gasteiger partial charge in [0.05, 0.1) is 0 Å². The lowest BCUT2D eigenvalue weighted by atomic mass is 9.86. The van der Waals surface area contributed by atoms with Gasteiger partial charge < -0.3 is 10.6 Å². The Kier molecular flexibility index (Phi) is 4.61. The fourth-order valence-electron chi connectivity index (χ4n) is 2.81. The van der Waals surface area contributed by atoms with E-state index in [1.54, 1.807) is 0 Å². The summed E-state index contributed by atoms with van der Waals surface area (Å²) in [5, 5.41) is 6.82. The first-order valence-electron chi connectivity index (χ1n) is 7.47. The van der Waals surface area contributed by atoms with Gasteiger partial charge in [-0.3, -0.25) is 0 Å². The van der Waals surface area contributed by atoms with Crippen molar-refractivity contribution in [3.63, 3.8) is 0 Å². The largest absolute Gasteiger partial charge is 0.373 e. The SMILES string of the molecule is CCc1nc(NC)c(C)c(NC2CCCCC2C)n1. The van der Waals surface area contributed by atoms with Crippen molar-refractivity contribution in [3.8, 4) is 0 Å². The normalized spacial score (nSPS) is 23.2. The minimum absolute atomic E-state index is 0.553. The minimum Gasteiger partial charge on any atom is -0.373 e. The molecular formula is C15H26N4. The molecule has 0 saturated heterocycles. The molecule has 19 heavy (non-hydrogen) atoms. The molecule has 1 heterocycles. The van der Waals surface area contributed by atoms with Crippen LogP contribution in [0.3, 0.4) is 0 Å². The lowest BCUT2D eigenvalue weighted by Crippen LogP contribution is -2.31. The monoisotopic (exact) mass is 262 g/mol. The van der Waals surface area contributed by atoms with E-state index in [2.05, 4.69) is 41.4 Å². The van der Waals surface area contributed by atoms with Gasteiger partial charge in [-0.1, -0.05) is 26.7 Å². The second-order valence-electron chi connectivity index (χ2n) is 5.58. The molecule has 0 radical (unpaired) electrons. The number of anilines is 2. The molecule has 0 amide bonds. The molecule has 2 unspecified atom stereocenters. The Bertz CT molecular complexity index is 430. The van der Waals surface area contributed by atoms with E-state index in [1.165, 1.54) is 25.7 Å². The maximum absolute atomic E-state index is 4.67. The van der Waals surface area contributed by atoms with E-state index in [-0.39, 0.29) is 0 Å². The van der Waals surface area contributed by atoms with Crippen LogP contribution in [0, 0.1) is 12.8 Å². The van der Waals surface area contributed by atoms with Crippen LogP contribution in [-0.4, -0.2) is 23.1 Å². The van der Waals surface area contributed by atoms with E-state index in [1.807, 2.05) is 7.05 Å². The lowest BCUT2D eigenvalue weighted by Gasteiger charge is -2.30. The fraction of sp³-hybridized carbons (Fsp3) is 0.733. The molecule has 2 rings (SSSR count). The van der Waals surface area contributed by atoms with Gasteiger partial charge in [-0.05, 0) is 25.7 Å². The predicted octanol–water partition coefficient (Wildman–Crippen LogP) is 3.38. The maximum atomic E-state index is 4.67. The summed E-state index contributed by atoms with van der Waals surface area (Å²) in [5.74, 6) is 3.58. The average molecular weight is 262 g/mol. The van der Waals surface area contributed by atoms with Crippen LogP contribution < -0.4 is 10.6 Å². The maximum Gasteiger partial charge on any atom is 0.135 e. The Morgan fingerprint density at radius 3 is 2.47 bits per heavy atom. The van der Waals surface area contributed by atoms with Gasteiger partial charge >= 0.3 is 0 Å². The van der Waals surface area contributed by atoms with Crippen molar-refractivity contribution in [2.45, 2.75) is 58.9 Å². The van der Waals surface area contributed by atoms with Crippen LogP contribution in [0.15, 0.2) is 0 Å². The Morgan fingerprint density at radius 2 is 1.84 bits per heavy atom. The Morgan fingerprint density at radius 1 is 1.16 bits per heavy atom. The van der Waals surface area contributed by atoms with Gasteiger partial charge in [0.1, 0.15) is 17.5 Å². The van der Waals surface area contributed by atoms with Crippen LogP contribution in [0.25, 0.3) is 0 Å². The molecule has 2 atom stereocenters. The molecule has 1 saturated carbocycles. The van der Waals surface area contributed by atoms with E-state index in [0.717, 1.165) is 35.4 Å². The van der Waals surface area contributed by atoms with Crippen molar-refractivity contribution in [1.29, 1.82) is 0 Å². The van der Waals surface area contributed by atoms with Crippen molar-refractivity contribution in [3.05, 3.63) is 11.4 Å². The van der Waals surface area contributed by atoms with Crippen LogP contribution in [-0.2, 0) is 6.42 Å². The second kappa shape index (κ2) is 6.22. The number of hydrogen-bond donors (Lipinski definition) is 2. The molecule has 2 N–H and O–H groups in total. The van der Waals surface area contributed by atoms with Crippen molar-refractivity contribution < 1.29 is 0 Å². The van der Waals surface area contributed by atoms with Gasteiger partial charge in [0.2, 0.25) is 0 Å². The summed E-state index contributed by atoms with van der Waals surface area (Å²) in [4.78, 5) is 9.19. The summed E-state index contributed by atoms with van der Waals surface area (Å²) in [6.45, 7) is 6.52. The lowest BCUT2D eigenvalue weighted by molar-refractivity contribution is 0.349. The van der Waals surface area contributed by atoms with E-state index in [4.69, 9.17) is 0 Å². The summed E-state index contributed by atoms with van der Waals surface area (Å²) in [6.07, 6.45) is 6.13. The predicted molar refractivity (Wildman–Crippen MR) is 80.7 cm³/mol. The molecule has 1 fully saturated rings. The highest BCUT2D eigenvalue weighted by atomic mass is 15.1. The fourth-order valence-corrected chi connectivity index (χ4v) is 2.81. The number of rotatable bonds is 4. The van der Waals surface area contributed by atoms with Crippen LogP contribution >= 0.6 is 0 Å². The van der Waals surface area contributed by atoms with E-state index in [0.29, 0.717) is 6.04 Å². The third-order valence-corrected chi connectivity index (χ3v) is 4.18. The van der Waals surface area contributed by atoms with Crippen LogP contribution in [0.5, 0.6) is 0 Å². The minimum atomic E-state index is 0.553. The van der Waals surface area contributed by atoms with Gasteiger partial charge in [-0.2, -0.15) is 0 Å². The third kappa shape index (κ3) is 3.17.